The van der Waals surface area contributed by atoms with Crippen LogP contribution in [0.25, 0.3) is 28.2 Å². The molecule has 0 unspecified atom stereocenters. The van der Waals surface area contributed by atoms with Gasteiger partial charge in [-0.25, -0.2) is 13.4 Å². The van der Waals surface area contributed by atoms with Crippen molar-refractivity contribution in [2.24, 2.45) is 0 Å². The number of halogens is 1. The van der Waals surface area contributed by atoms with Crippen molar-refractivity contribution >= 4 is 21.4 Å². The Bertz CT molecular complexity index is 1400. The second-order valence-electron chi connectivity index (χ2n) is 8.34. The first-order chi connectivity index (χ1) is 15.6. The number of hydrogen-bond donors (Lipinski definition) is 1. The highest BCUT2D eigenvalue weighted by molar-refractivity contribution is 7.91. The number of aliphatic hydroxyl groups is 1. The maximum Gasteiger partial charge on any atom is 0.178 e. The van der Waals surface area contributed by atoms with Gasteiger partial charge in [-0.05, 0) is 61.4 Å². The fourth-order valence-electron chi connectivity index (χ4n) is 3.55. The molecule has 0 bridgehead atoms. The summed E-state index contributed by atoms with van der Waals surface area (Å²) in [7, 11) is -3.28. The molecule has 0 aliphatic carbocycles. The molecule has 4 aromatic rings. The molecule has 3 aromatic carbocycles. The van der Waals surface area contributed by atoms with Gasteiger partial charge >= 0.3 is 0 Å². The van der Waals surface area contributed by atoms with Gasteiger partial charge in [0.15, 0.2) is 9.84 Å². The molecule has 0 aliphatic rings. The van der Waals surface area contributed by atoms with Crippen molar-refractivity contribution in [1.82, 2.24) is 9.55 Å². The minimum Gasteiger partial charge on any atom is -0.384 e. The van der Waals surface area contributed by atoms with Crippen molar-refractivity contribution in [3.05, 3.63) is 89.7 Å². The molecule has 0 saturated carbocycles. The molecule has 1 heterocycles. The van der Waals surface area contributed by atoms with Gasteiger partial charge < -0.3 is 5.11 Å². The quantitative estimate of drug-likeness (QED) is 0.374. The molecule has 0 spiro atoms. The summed E-state index contributed by atoms with van der Waals surface area (Å²) < 4.78 is 26.4. The molecular weight excluding hydrogens is 456 g/mol. The number of sulfone groups is 1. The van der Waals surface area contributed by atoms with Crippen molar-refractivity contribution in [2.75, 3.05) is 5.75 Å². The average Bonchev–Trinajstić information content (AvgIpc) is 3.25. The lowest BCUT2D eigenvalue weighted by atomic mass is 10.1. The Hall–Kier alpha value is -2.93. The van der Waals surface area contributed by atoms with Crippen LogP contribution in [0, 0.1) is 0 Å². The molecule has 0 fully saturated rings. The summed E-state index contributed by atoms with van der Waals surface area (Å²) in [5.74, 6) is 0.686. The largest absolute Gasteiger partial charge is 0.384 e. The number of nitrogens with zero attached hydrogens (tertiary/aromatic N) is 2. The summed E-state index contributed by atoms with van der Waals surface area (Å²) in [6, 6.07) is 22.2. The standard InChI is InChI=1S/C26H25ClN2O3S/c1-4-33(31,32)21-9-7-8-19(16-21)18-12-14-20(15-13-18)29-17-24(26(2,3)30)28-25(29)22-10-5-6-11-23(22)27/h5-17,30H,4H2,1-3H3. The molecular formula is C26H25ClN2O3S. The Kier molecular flexibility index (Phi) is 6.18. The summed E-state index contributed by atoms with van der Waals surface area (Å²) in [4.78, 5) is 5.00. The minimum absolute atomic E-state index is 0.0599. The first-order valence-corrected chi connectivity index (χ1v) is 12.6. The van der Waals surface area contributed by atoms with E-state index in [0.29, 0.717) is 21.4 Å². The highest BCUT2D eigenvalue weighted by atomic mass is 35.5. The van der Waals surface area contributed by atoms with Gasteiger partial charge in [0.2, 0.25) is 0 Å². The molecule has 7 heteroatoms. The van der Waals surface area contributed by atoms with Crippen molar-refractivity contribution < 1.29 is 13.5 Å². The van der Waals surface area contributed by atoms with E-state index in [1.807, 2.05) is 59.3 Å². The SMILES string of the molecule is CCS(=O)(=O)c1cccc(-c2ccc(-n3cc(C(C)(C)O)nc3-c3ccccc3Cl)cc2)c1. The van der Waals surface area contributed by atoms with Gasteiger partial charge in [0.1, 0.15) is 11.4 Å². The van der Waals surface area contributed by atoms with Crippen LogP contribution in [0.3, 0.4) is 0 Å². The third-order valence-electron chi connectivity index (χ3n) is 5.50. The zero-order valence-corrected chi connectivity index (χ0v) is 20.2. The van der Waals surface area contributed by atoms with E-state index >= 15 is 0 Å². The minimum atomic E-state index is -3.28. The molecule has 170 valence electrons. The molecule has 5 nitrogen and oxygen atoms in total. The Balaban J connectivity index is 1.78. The third kappa shape index (κ3) is 4.74. The van der Waals surface area contributed by atoms with Crippen LogP contribution in [0.4, 0.5) is 0 Å². The number of benzene rings is 3. The molecule has 0 saturated heterocycles. The van der Waals surface area contributed by atoms with Crippen LogP contribution in [-0.2, 0) is 15.4 Å². The monoisotopic (exact) mass is 480 g/mol. The first kappa shape index (κ1) is 23.2. The van der Waals surface area contributed by atoms with E-state index in [2.05, 4.69) is 4.98 Å². The van der Waals surface area contributed by atoms with E-state index in [1.165, 1.54) is 0 Å². The van der Waals surface area contributed by atoms with E-state index in [1.54, 1.807) is 45.0 Å². The van der Waals surface area contributed by atoms with Crippen LogP contribution in [-0.4, -0.2) is 28.8 Å². The van der Waals surface area contributed by atoms with Gasteiger partial charge in [0.05, 0.1) is 21.4 Å². The summed E-state index contributed by atoms with van der Waals surface area (Å²) >= 11 is 6.45. The Labute approximate surface area is 199 Å². The van der Waals surface area contributed by atoms with E-state index < -0.39 is 15.4 Å². The van der Waals surface area contributed by atoms with Gasteiger partial charge in [-0.2, -0.15) is 0 Å². The summed E-state index contributed by atoms with van der Waals surface area (Å²) in [5, 5.41) is 11.1. The first-order valence-electron chi connectivity index (χ1n) is 10.6. The lowest BCUT2D eigenvalue weighted by Gasteiger charge is -2.13. The van der Waals surface area contributed by atoms with Crippen molar-refractivity contribution in [1.29, 1.82) is 0 Å². The van der Waals surface area contributed by atoms with Crippen LogP contribution in [0.5, 0.6) is 0 Å². The highest BCUT2D eigenvalue weighted by Gasteiger charge is 2.23. The van der Waals surface area contributed by atoms with Gasteiger partial charge in [-0.3, -0.25) is 4.57 Å². The number of aromatic nitrogens is 2. The van der Waals surface area contributed by atoms with Crippen molar-refractivity contribution in [2.45, 2.75) is 31.3 Å². The Morgan fingerprint density at radius 1 is 0.970 bits per heavy atom. The van der Waals surface area contributed by atoms with E-state index in [0.717, 1.165) is 22.4 Å². The highest BCUT2D eigenvalue weighted by Crippen LogP contribution is 2.32. The Morgan fingerprint density at radius 3 is 2.30 bits per heavy atom. The maximum atomic E-state index is 12.3. The Morgan fingerprint density at radius 2 is 1.67 bits per heavy atom. The zero-order valence-electron chi connectivity index (χ0n) is 18.7. The van der Waals surface area contributed by atoms with E-state index in [4.69, 9.17) is 11.6 Å². The lowest BCUT2D eigenvalue weighted by molar-refractivity contribution is 0.0743. The number of hydrogen-bond acceptors (Lipinski definition) is 4. The van der Waals surface area contributed by atoms with Gasteiger partial charge in [-0.15, -0.1) is 0 Å². The summed E-state index contributed by atoms with van der Waals surface area (Å²) in [5.41, 5.74) is 2.73. The topological polar surface area (TPSA) is 72.2 Å². The van der Waals surface area contributed by atoms with E-state index in [9.17, 15) is 13.5 Å². The average molecular weight is 481 g/mol. The van der Waals surface area contributed by atoms with Gasteiger partial charge in [-0.1, -0.05) is 54.9 Å². The smallest absolute Gasteiger partial charge is 0.178 e. The van der Waals surface area contributed by atoms with Crippen LogP contribution in [0.2, 0.25) is 5.02 Å². The third-order valence-corrected chi connectivity index (χ3v) is 7.56. The normalized spacial score (nSPS) is 12.2. The summed E-state index contributed by atoms with van der Waals surface area (Å²) in [6.45, 7) is 5.02. The van der Waals surface area contributed by atoms with Crippen LogP contribution in [0.15, 0.2) is 83.9 Å². The molecule has 0 atom stereocenters. The van der Waals surface area contributed by atoms with Gasteiger partial charge in [0, 0.05) is 17.4 Å². The second-order valence-corrected chi connectivity index (χ2v) is 11.0. The fraction of sp³-hybridized carbons (Fsp3) is 0.192. The lowest BCUT2D eigenvalue weighted by Crippen LogP contribution is -2.15. The predicted octanol–water partition coefficient (Wildman–Crippen LogP) is 5.88. The fourth-order valence-corrected chi connectivity index (χ4v) is 4.70. The molecule has 1 N–H and O–H groups in total. The molecule has 0 amide bonds. The van der Waals surface area contributed by atoms with Crippen molar-refractivity contribution in [3.8, 4) is 28.2 Å². The zero-order chi connectivity index (χ0) is 23.8. The van der Waals surface area contributed by atoms with E-state index in [-0.39, 0.29) is 5.75 Å². The predicted molar refractivity (Wildman–Crippen MR) is 132 cm³/mol. The molecule has 33 heavy (non-hydrogen) atoms. The number of imidazole rings is 1. The molecule has 0 radical (unpaired) electrons. The summed E-state index contributed by atoms with van der Waals surface area (Å²) in [6.07, 6.45) is 1.81. The van der Waals surface area contributed by atoms with Crippen molar-refractivity contribution in [3.63, 3.8) is 0 Å². The second kappa shape index (κ2) is 8.78. The van der Waals surface area contributed by atoms with Crippen LogP contribution < -0.4 is 0 Å². The molecule has 1 aromatic heterocycles. The molecule has 4 rings (SSSR count). The maximum absolute atomic E-state index is 12.3. The van der Waals surface area contributed by atoms with Crippen LogP contribution in [0.1, 0.15) is 26.5 Å². The molecule has 0 aliphatic heterocycles. The van der Waals surface area contributed by atoms with Crippen LogP contribution >= 0.6 is 11.6 Å². The van der Waals surface area contributed by atoms with Gasteiger partial charge in [0.25, 0.3) is 0 Å². The number of rotatable bonds is 6.